The van der Waals surface area contributed by atoms with Crippen molar-refractivity contribution < 1.29 is 4.74 Å². The van der Waals surface area contributed by atoms with Gasteiger partial charge in [0.05, 0.1) is 0 Å². The maximum atomic E-state index is 6.05. The number of hydrogen-bond acceptors (Lipinski definition) is 2. The maximum absolute atomic E-state index is 6.05. The zero-order valence-electron chi connectivity index (χ0n) is 11.7. The number of nitrogens with one attached hydrogen (secondary N) is 1. The lowest BCUT2D eigenvalue weighted by molar-refractivity contribution is 0.215. The van der Waals surface area contributed by atoms with Gasteiger partial charge in [0.2, 0.25) is 0 Å². The normalized spacial score (nSPS) is 25.5. The largest absolute Gasteiger partial charge is 0.488 e. The number of benzene rings is 1. The van der Waals surface area contributed by atoms with Crippen molar-refractivity contribution in [3.05, 3.63) is 29.3 Å². The van der Waals surface area contributed by atoms with Crippen LogP contribution < -0.4 is 10.1 Å². The molecule has 102 valence electrons. The summed E-state index contributed by atoms with van der Waals surface area (Å²) in [4.78, 5) is 0. The van der Waals surface area contributed by atoms with Crippen molar-refractivity contribution in [2.24, 2.45) is 11.8 Å². The van der Waals surface area contributed by atoms with E-state index in [1.54, 1.807) is 0 Å². The van der Waals surface area contributed by atoms with Gasteiger partial charge in [-0.3, -0.25) is 0 Å². The lowest BCUT2D eigenvalue weighted by Crippen LogP contribution is -2.40. The van der Waals surface area contributed by atoms with E-state index >= 15 is 0 Å². The van der Waals surface area contributed by atoms with Crippen LogP contribution in [0, 0.1) is 18.8 Å². The molecule has 0 aromatic heterocycles. The van der Waals surface area contributed by atoms with E-state index in [4.69, 9.17) is 4.74 Å². The highest BCUT2D eigenvalue weighted by molar-refractivity contribution is 5.40. The van der Waals surface area contributed by atoms with Crippen LogP contribution in [0.4, 0.5) is 0 Å². The van der Waals surface area contributed by atoms with Gasteiger partial charge in [-0.05, 0) is 56.1 Å². The Balaban J connectivity index is 1.35. The average Bonchev–Trinajstić information content (AvgIpc) is 3.28. The Hall–Kier alpha value is -1.02. The van der Waals surface area contributed by atoms with Gasteiger partial charge in [0, 0.05) is 19.0 Å². The predicted octanol–water partition coefficient (Wildman–Crippen LogP) is 3.08. The molecule has 0 spiro atoms. The van der Waals surface area contributed by atoms with Crippen molar-refractivity contribution in [1.82, 2.24) is 5.32 Å². The Labute approximate surface area is 115 Å². The van der Waals surface area contributed by atoms with Crippen molar-refractivity contribution >= 4 is 0 Å². The van der Waals surface area contributed by atoms with Gasteiger partial charge < -0.3 is 10.1 Å². The number of fused-ring (bicyclic) bond motifs is 1. The minimum absolute atomic E-state index is 0.344. The van der Waals surface area contributed by atoms with Crippen molar-refractivity contribution in [3.8, 4) is 5.75 Å². The number of hydrogen-bond donors (Lipinski definition) is 1. The smallest absolute Gasteiger partial charge is 0.123 e. The Bertz CT molecular complexity index is 464. The lowest BCUT2D eigenvalue weighted by Gasteiger charge is -2.20. The van der Waals surface area contributed by atoms with Crippen LogP contribution >= 0.6 is 0 Å². The third-order valence-corrected chi connectivity index (χ3v) is 4.80. The second-order valence-corrected chi connectivity index (χ2v) is 6.66. The topological polar surface area (TPSA) is 21.3 Å². The van der Waals surface area contributed by atoms with Gasteiger partial charge >= 0.3 is 0 Å². The van der Waals surface area contributed by atoms with Crippen LogP contribution in [0.3, 0.4) is 0 Å². The molecule has 1 heterocycles. The van der Waals surface area contributed by atoms with Crippen molar-refractivity contribution in [2.75, 3.05) is 6.54 Å². The highest BCUT2D eigenvalue weighted by atomic mass is 16.5. The molecular weight excluding hydrogens is 234 g/mol. The molecule has 0 amide bonds. The van der Waals surface area contributed by atoms with Gasteiger partial charge in [0.15, 0.2) is 0 Å². The molecule has 1 unspecified atom stereocenters. The average molecular weight is 257 g/mol. The number of aryl methyl sites for hydroxylation is 1. The summed E-state index contributed by atoms with van der Waals surface area (Å²) >= 11 is 0. The summed E-state index contributed by atoms with van der Waals surface area (Å²) < 4.78 is 6.05. The lowest BCUT2D eigenvalue weighted by atomic mass is 10.1. The first-order valence-corrected chi connectivity index (χ1v) is 7.79. The van der Waals surface area contributed by atoms with Gasteiger partial charge in [0.1, 0.15) is 11.9 Å². The molecule has 0 bridgehead atoms. The monoisotopic (exact) mass is 257 g/mol. The Morgan fingerprint density at radius 2 is 1.95 bits per heavy atom. The third kappa shape index (κ3) is 2.51. The molecule has 2 saturated carbocycles. The summed E-state index contributed by atoms with van der Waals surface area (Å²) in [5.74, 6) is 3.05. The fourth-order valence-electron chi connectivity index (χ4n) is 3.46. The molecule has 19 heavy (non-hydrogen) atoms. The quantitative estimate of drug-likeness (QED) is 0.875. The first-order chi connectivity index (χ1) is 9.29. The molecule has 0 radical (unpaired) electrons. The Kier molecular flexibility index (Phi) is 2.80. The number of rotatable bonds is 5. The Morgan fingerprint density at radius 1 is 1.21 bits per heavy atom. The summed E-state index contributed by atoms with van der Waals surface area (Å²) in [6.45, 7) is 3.17. The molecule has 1 atom stereocenters. The van der Waals surface area contributed by atoms with E-state index in [9.17, 15) is 0 Å². The molecule has 1 aromatic rings. The summed E-state index contributed by atoms with van der Waals surface area (Å²) in [6.07, 6.45) is 7.19. The third-order valence-electron chi connectivity index (χ3n) is 4.80. The Morgan fingerprint density at radius 3 is 2.63 bits per heavy atom. The SMILES string of the molecule is Cc1ccc2c(c1)CC(CNC(C1CC1)C1CC1)O2. The van der Waals surface area contributed by atoms with E-state index in [-0.39, 0.29) is 0 Å². The van der Waals surface area contributed by atoms with E-state index in [0.29, 0.717) is 6.10 Å². The van der Waals surface area contributed by atoms with E-state index < -0.39 is 0 Å². The molecule has 1 aliphatic heterocycles. The van der Waals surface area contributed by atoms with Crippen LogP contribution in [-0.2, 0) is 6.42 Å². The van der Waals surface area contributed by atoms with E-state index in [0.717, 1.165) is 36.6 Å². The molecule has 2 aliphatic carbocycles. The van der Waals surface area contributed by atoms with Crippen molar-refractivity contribution in [2.45, 2.75) is 51.2 Å². The zero-order valence-corrected chi connectivity index (χ0v) is 11.7. The van der Waals surface area contributed by atoms with Gasteiger partial charge in [-0.2, -0.15) is 0 Å². The molecule has 3 aliphatic rings. The first-order valence-electron chi connectivity index (χ1n) is 7.79. The summed E-state index contributed by atoms with van der Waals surface area (Å²) in [6, 6.07) is 7.33. The standard InChI is InChI=1S/C17H23NO/c1-11-2-7-16-14(8-11)9-15(19-16)10-18-17(12-3-4-12)13-5-6-13/h2,7-8,12-13,15,17-18H,3-6,9-10H2,1H3. The van der Waals surface area contributed by atoms with E-state index in [1.165, 1.54) is 36.8 Å². The summed E-state index contributed by atoms with van der Waals surface area (Å²) in [5.41, 5.74) is 2.73. The van der Waals surface area contributed by atoms with Gasteiger partial charge in [0.25, 0.3) is 0 Å². The fourth-order valence-corrected chi connectivity index (χ4v) is 3.46. The molecular formula is C17H23NO. The molecule has 4 rings (SSSR count). The minimum atomic E-state index is 0.344. The molecule has 2 nitrogen and oxygen atoms in total. The first kappa shape index (κ1) is 11.8. The minimum Gasteiger partial charge on any atom is -0.488 e. The van der Waals surface area contributed by atoms with E-state index in [1.807, 2.05) is 0 Å². The van der Waals surface area contributed by atoms with Crippen molar-refractivity contribution in [1.29, 1.82) is 0 Å². The fraction of sp³-hybridized carbons (Fsp3) is 0.647. The van der Waals surface area contributed by atoms with Crippen molar-refractivity contribution in [3.63, 3.8) is 0 Å². The maximum Gasteiger partial charge on any atom is 0.123 e. The van der Waals surface area contributed by atoms with E-state index in [2.05, 4.69) is 30.4 Å². The predicted molar refractivity (Wildman–Crippen MR) is 76.5 cm³/mol. The van der Waals surface area contributed by atoms with Crippen LogP contribution in [0.15, 0.2) is 18.2 Å². The highest BCUT2D eigenvalue weighted by Gasteiger charge is 2.41. The highest BCUT2D eigenvalue weighted by Crippen LogP contribution is 2.44. The molecule has 2 fully saturated rings. The van der Waals surface area contributed by atoms with Crippen LogP contribution in [0.2, 0.25) is 0 Å². The van der Waals surface area contributed by atoms with Gasteiger partial charge in [-0.15, -0.1) is 0 Å². The molecule has 1 N–H and O–H groups in total. The number of ether oxygens (including phenoxy) is 1. The summed E-state index contributed by atoms with van der Waals surface area (Å²) in [7, 11) is 0. The molecule has 1 aromatic carbocycles. The van der Waals surface area contributed by atoms with Gasteiger partial charge in [-0.1, -0.05) is 17.7 Å². The van der Waals surface area contributed by atoms with Crippen LogP contribution in [-0.4, -0.2) is 18.7 Å². The second-order valence-electron chi connectivity index (χ2n) is 6.66. The molecule has 2 heteroatoms. The van der Waals surface area contributed by atoms with Crippen LogP contribution in [0.5, 0.6) is 5.75 Å². The zero-order chi connectivity index (χ0) is 12.8. The van der Waals surface area contributed by atoms with Crippen LogP contribution in [0.25, 0.3) is 0 Å². The van der Waals surface area contributed by atoms with Crippen LogP contribution in [0.1, 0.15) is 36.8 Å². The van der Waals surface area contributed by atoms with Gasteiger partial charge in [-0.25, -0.2) is 0 Å². The second kappa shape index (κ2) is 4.52. The summed E-state index contributed by atoms with van der Waals surface area (Å²) in [5, 5.41) is 3.81. The molecule has 0 saturated heterocycles.